The van der Waals surface area contributed by atoms with E-state index in [1.54, 1.807) is 6.08 Å². The molecule has 98 valence electrons. The molecule has 1 N–H and O–H groups in total. The molecule has 0 bridgehead atoms. The maximum atomic E-state index is 11.1. The standard InChI is InChI=1S/C18H20O/c1-4-13-18(19,16-9-5-14(2)6-10-16)17-11-7-15(3)8-12-17/h4-12,19H,1,13H2,2-3H3. The first-order valence-corrected chi connectivity index (χ1v) is 6.54. The van der Waals surface area contributed by atoms with Crippen molar-refractivity contribution >= 4 is 0 Å². The average molecular weight is 252 g/mol. The predicted octanol–water partition coefficient (Wildman–Crippen LogP) is 4.12. The Kier molecular flexibility index (Phi) is 3.87. The normalized spacial score (nSPS) is 11.3. The Morgan fingerprint density at radius 1 is 0.895 bits per heavy atom. The van der Waals surface area contributed by atoms with E-state index in [0.29, 0.717) is 6.42 Å². The van der Waals surface area contributed by atoms with Gasteiger partial charge in [-0.1, -0.05) is 65.7 Å². The van der Waals surface area contributed by atoms with Crippen LogP contribution in [0.5, 0.6) is 0 Å². The maximum absolute atomic E-state index is 11.1. The van der Waals surface area contributed by atoms with Crippen molar-refractivity contribution in [3.05, 3.63) is 83.4 Å². The molecule has 0 fully saturated rings. The summed E-state index contributed by atoms with van der Waals surface area (Å²) in [7, 11) is 0. The van der Waals surface area contributed by atoms with Gasteiger partial charge in [-0.25, -0.2) is 0 Å². The van der Waals surface area contributed by atoms with Gasteiger partial charge in [0.2, 0.25) is 0 Å². The Labute approximate surface area is 115 Å². The van der Waals surface area contributed by atoms with Crippen molar-refractivity contribution in [1.29, 1.82) is 0 Å². The summed E-state index contributed by atoms with van der Waals surface area (Å²) in [5, 5.41) is 11.1. The van der Waals surface area contributed by atoms with Crippen LogP contribution in [0.15, 0.2) is 61.2 Å². The minimum atomic E-state index is -0.997. The summed E-state index contributed by atoms with van der Waals surface area (Å²) in [6.07, 6.45) is 2.26. The van der Waals surface area contributed by atoms with E-state index in [-0.39, 0.29) is 0 Å². The highest BCUT2D eigenvalue weighted by molar-refractivity contribution is 5.38. The molecule has 19 heavy (non-hydrogen) atoms. The summed E-state index contributed by atoms with van der Waals surface area (Å²) in [5.41, 5.74) is 3.19. The molecule has 0 aliphatic heterocycles. The Hall–Kier alpha value is -1.86. The van der Waals surface area contributed by atoms with E-state index in [4.69, 9.17) is 0 Å². The van der Waals surface area contributed by atoms with E-state index in [1.807, 2.05) is 62.4 Å². The monoisotopic (exact) mass is 252 g/mol. The average Bonchev–Trinajstić information content (AvgIpc) is 2.40. The second-order valence-corrected chi connectivity index (χ2v) is 5.09. The van der Waals surface area contributed by atoms with Crippen LogP contribution in [0.4, 0.5) is 0 Å². The van der Waals surface area contributed by atoms with Gasteiger partial charge in [-0.3, -0.25) is 0 Å². The molecular formula is C18H20O. The number of aryl methyl sites for hydroxylation is 2. The first kappa shape index (κ1) is 13.6. The number of aliphatic hydroxyl groups is 1. The largest absolute Gasteiger partial charge is 0.380 e. The molecule has 0 aliphatic carbocycles. The minimum absolute atomic E-state index is 0.499. The fraction of sp³-hybridized carbons (Fsp3) is 0.222. The van der Waals surface area contributed by atoms with Gasteiger partial charge in [-0.05, 0) is 25.0 Å². The van der Waals surface area contributed by atoms with Crippen molar-refractivity contribution in [2.75, 3.05) is 0 Å². The van der Waals surface area contributed by atoms with Crippen LogP contribution in [0.2, 0.25) is 0 Å². The molecule has 0 unspecified atom stereocenters. The van der Waals surface area contributed by atoms with Crippen molar-refractivity contribution in [2.24, 2.45) is 0 Å². The van der Waals surface area contributed by atoms with Crippen molar-refractivity contribution in [3.63, 3.8) is 0 Å². The van der Waals surface area contributed by atoms with Crippen LogP contribution >= 0.6 is 0 Å². The summed E-state index contributed by atoms with van der Waals surface area (Å²) in [4.78, 5) is 0. The zero-order valence-corrected chi connectivity index (χ0v) is 11.6. The zero-order valence-electron chi connectivity index (χ0n) is 11.6. The topological polar surface area (TPSA) is 20.2 Å². The second-order valence-electron chi connectivity index (χ2n) is 5.09. The molecule has 0 saturated carbocycles. The van der Waals surface area contributed by atoms with E-state index < -0.39 is 5.60 Å². The van der Waals surface area contributed by atoms with E-state index >= 15 is 0 Å². The molecule has 2 aromatic carbocycles. The summed E-state index contributed by atoms with van der Waals surface area (Å²) < 4.78 is 0. The van der Waals surface area contributed by atoms with Gasteiger partial charge in [-0.15, -0.1) is 6.58 Å². The van der Waals surface area contributed by atoms with Crippen LogP contribution < -0.4 is 0 Å². The molecule has 2 aromatic rings. The molecule has 1 nitrogen and oxygen atoms in total. The summed E-state index contributed by atoms with van der Waals surface area (Å²) >= 11 is 0. The molecule has 0 atom stereocenters. The summed E-state index contributed by atoms with van der Waals surface area (Å²) in [5.74, 6) is 0. The first-order chi connectivity index (χ1) is 9.06. The zero-order chi connectivity index (χ0) is 13.9. The second kappa shape index (κ2) is 5.41. The Bertz CT molecular complexity index is 504. The van der Waals surface area contributed by atoms with Gasteiger partial charge in [0.05, 0.1) is 0 Å². The third-order valence-corrected chi connectivity index (χ3v) is 3.50. The lowest BCUT2D eigenvalue weighted by Gasteiger charge is -2.28. The summed E-state index contributed by atoms with van der Waals surface area (Å²) in [6, 6.07) is 16.0. The SMILES string of the molecule is C=CCC(O)(c1ccc(C)cc1)c1ccc(C)cc1. The molecule has 0 saturated heterocycles. The Balaban J connectivity index is 2.50. The smallest absolute Gasteiger partial charge is 0.118 e. The van der Waals surface area contributed by atoms with Gasteiger partial charge in [0.25, 0.3) is 0 Å². The van der Waals surface area contributed by atoms with Crippen LogP contribution in [-0.2, 0) is 5.60 Å². The molecular weight excluding hydrogens is 232 g/mol. The molecule has 0 spiro atoms. The molecule has 0 aliphatic rings. The maximum Gasteiger partial charge on any atom is 0.118 e. The van der Waals surface area contributed by atoms with Gasteiger partial charge in [0.1, 0.15) is 5.60 Å². The lowest BCUT2D eigenvalue weighted by atomic mass is 9.83. The first-order valence-electron chi connectivity index (χ1n) is 6.54. The van der Waals surface area contributed by atoms with Gasteiger partial charge in [-0.2, -0.15) is 0 Å². The van der Waals surface area contributed by atoms with Crippen LogP contribution in [0, 0.1) is 13.8 Å². The third kappa shape index (κ3) is 2.77. The number of rotatable bonds is 4. The highest BCUT2D eigenvalue weighted by Gasteiger charge is 2.29. The van der Waals surface area contributed by atoms with Crippen LogP contribution in [-0.4, -0.2) is 5.11 Å². The van der Waals surface area contributed by atoms with Crippen molar-refractivity contribution < 1.29 is 5.11 Å². The Morgan fingerprint density at radius 3 is 1.58 bits per heavy atom. The molecule has 0 amide bonds. The minimum Gasteiger partial charge on any atom is -0.380 e. The van der Waals surface area contributed by atoms with E-state index in [0.717, 1.165) is 11.1 Å². The number of benzene rings is 2. The quantitative estimate of drug-likeness (QED) is 0.812. The van der Waals surface area contributed by atoms with Crippen LogP contribution in [0.3, 0.4) is 0 Å². The Morgan fingerprint density at radius 2 is 1.26 bits per heavy atom. The third-order valence-electron chi connectivity index (χ3n) is 3.50. The van der Waals surface area contributed by atoms with E-state index in [1.165, 1.54) is 11.1 Å². The van der Waals surface area contributed by atoms with E-state index in [2.05, 4.69) is 6.58 Å². The van der Waals surface area contributed by atoms with Crippen molar-refractivity contribution in [1.82, 2.24) is 0 Å². The number of hydrogen-bond acceptors (Lipinski definition) is 1. The highest BCUT2D eigenvalue weighted by Crippen LogP contribution is 2.33. The van der Waals surface area contributed by atoms with Gasteiger partial charge < -0.3 is 5.11 Å². The predicted molar refractivity (Wildman–Crippen MR) is 80.2 cm³/mol. The highest BCUT2D eigenvalue weighted by atomic mass is 16.3. The van der Waals surface area contributed by atoms with Gasteiger partial charge >= 0.3 is 0 Å². The lowest BCUT2D eigenvalue weighted by molar-refractivity contribution is 0.0842. The molecule has 2 rings (SSSR count). The fourth-order valence-corrected chi connectivity index (χ4v) is 2.27. The molecule has 1 heteroatoms. The molecule has 0 radical (unpaired) electrons. The van der Waals surface area contributed by atoms with Crippen molar-refractivity contribution in [3.8, 4) is 0 Å². The lowest BCUT2D eigenvalue weighted by Crippen LogP contribution is -2.26. The van der Waals surface area contributed by atoms with Crippen molar-refractivity contribution in [2.45, 2.75) is 25.9 Å². The molecule has 0 heterocycles. The van der Waals surface area contributed by atoms with Gasteiger partial charge in [0.15, 0.2) is 0 Å². The number of hydrogen-bond donors (Lipinski definition) is 1. The van der Waals surface area contributed by atoms with Crippen LogP contribution in [0.1, 0.15) is 28.7 Å². The van der Waals surface area contributed by atoms with Crippen LogP contribution in [0.25, 0.3) is 0 Å². The molecule has 0 aromatic heterocycles. The fourth-order valence-electron chi connectivity index (χ4n) is 2.27. The van der Waals surface area contributed by atoms with E-state index in [9.17, 15) is 5.11 Å². The summed E-state index contributed by atoms with van der Waals surface area (Å²) in [6.45, 7) is 7.86. The van der Waals surface area contributed by atoms with Gasteiger partial charge in [0, 0.05) is 6.42 Å².